The van der Waals surface area contributed by atoms with Gasteiger partial charge in [-0.2, -0.15) is 0 Å². The van der Waals surface area contributed by atoms with Crippen LogP contribution in [0.1, 0.15) is 20.3 Å². The van der Waals surface area contributed by atoms with Crippen LogP contribution >= 0.6 is 0 Å². The van der Waals surface area contributed by atoms with E-state index in [1.165, 1.54) is 6.92 Å². The quantitative estimate of drug-likeness (QED) is 0.615. The van der Waals surface area contributed by atoms with Gasteiger partial charge in [0.25, 0.3) is 0 Å². The van der Waals surface area contributed by atoms with Crippen LogP contribution in [0.2, 0.25) is 0 Å². The van der Waals surface area contributed by atoms with Crippen LogP contribution in [0.5, 0.6) is 0 Å². The Morgan fingerprint density at radius 3 is 2.42 bits per heavy atom. The summed E-state index contributed by atoms with van der Waals surface area (Å²) >= 11 is 0. The van der Waals surface area contributed by atoms with Crippen molar-refractivity contribution in [1.82, 2.24) is 5.32 Å². The lowest BCUT2D eigenvalue weighted by atomic mass is 10.2. The second kappa shape index (κ2) is 6.48. The summed E-state index contributed by atoms with van der Waals surface area (Å²) in [4.78, 5) is 33.1. The summed E-state index contributed by atoms with van der Waals surface area (Å²) < 4.78 is 15.2. The van der Waals surface area contributed by atoms with Gasteiger partial charge in [0.05, 0.1) is 19.6 Å². The average molecular weight is 275 g/mol. The minimum atomic E-state index is -1.28. The highest BCUT2D eigenvalue weighted by atomic mass is 16.7. The Bertz CT molecular complexity index is 362. The summed E-state index contributed by atoms with van der Waals surface area (Å²) in [5.74, 6) is -3.47. The second-order valence-electron chi connectivity index (χ2n) is 4.28. The van der Waals surface area contributed by atoms with E-state index in [4.69, 9.17) is 19.3 Å². The van der Waals surface area contributed by atoms with E-state index in [2.05, 4.69) is 5.32 Å². The number of carbonyl (C=O) groups is 3. The lowest BCUT2D eigenvalue weighted by molar-refractivity contribution is -0.175. The fraction of sp³-hybridized carbons (Fsp3) is 0.727. The van der Waals surface area contributed by atoms with Gasteiger partial charge in [-0.3, -0.25) is 9.59 Å². The molecule has 0 bridgehead atoms. The lowest BCUT2D eigenvalue weighted by Gasteiger charge is -2.21. The molecule has 0 unspecified atom stereocenters. The summed E-state index contributed by atoms with van der Waals surface area (Å²) in [7, 11) is 0. The normalized spacial score (nSPS) is 18.6. The number of amides is 1. The largest absolute Gasteiger partial charge is 0.480 e. The van der Waals surface area contributed by atoms with E-state index in [-0.39, 0.29) is 6.42 Å². The van der Waals surface area contributed by atoms with Gasteiger partial charge in [0.2, 0.25) is 5.91 Å². The fourth-order valence-corrected chi connectivity index (χ4v) is 1.57. The van der Waals surface area contributed by atoms with Gasteiger partial charge < -0.3 is 24.6 Å². The number of hydrogen-bond donors (Lipinski definition) is 2. The zero-order valence-electron chi connectivity index (χ0n) is 10.8. The molecule has 8 nitrogen and oxygen atoms in total. The topological polar surface area (TPSA) is 111 Å². The number of rotatable bonds is 6. The van der Waals surface area contributed by atoms with Crippen LogP contribution in [-0.4, -0.2) is 54.6 Å². The van der Waals surface area contributed by atoms with Gasteiger partial charge in [-0.15, -0.1) is 0 Å². The first-order chi connectivity index (χ1) is 8.82. The summed E-state index contributed by atoms with van der Waals surface area (Å²) in [6.45, 7) is 3.13. The summed E-state index contributed by atoms with van der Waals surface area (Å²) in [5.41, 5.74) is 0. The van der Waals surface area contributed by atoms with Crippen LogP contribution in [0.15, 0.2) is 0 Å². The Morgan fingerprint density at radius 2 is 1.95 bits per heavy atom. The maximum Gasteiger partial charge on any atom is 0.329 e. The van der Waals surface area contributed by atoms with Crippen LogP contribution < -0.4 is 5.32 Å². The highest BCUT2D eigenvalue weighted by Gasteiger charge is 2.34. The third-order valence-electron chi connectivity index (χ3n) is 2.45. The molecule has 19 heavy (non-hydrogen) atoms. The number of ether oxygens (including phenoxy) is 3. The molecule has 2 N–H and O–H groups in total. The highest BCUT2D eigenvalue weighted by molar-refractivity contribution is 5.82. The molecule has 1 rings (SSSR count). The van der Waals surface area contributed by atoms with Gasteiger partial charge in [-0.1, -0.05) is 0 Å². The summed E-state index contributed by atoms with van der Waals surface area (Å²) in [6, 6.07) is -1.26. The standard InChI is InChI=1S/C11H17NO7/c1-7(13)12-8(10(15)16)6-17-9(14)5-11(2)18-3-4-19-11/h8H,3-6H2,1-2H3,(H,12,13)(H,15,16)/t8-/m0/s1. The van der Waals surface area contributed by atoms with Crippen molar-refractivity contribution in [3.05, 3.63) is 0 Å². The zero-order chi connectivity index (χ0) is 14.5. The Kier molecular flexibility index (Phi) is 5.25. The molecule has 1 heterocycles. The molecule has 0 aromatic heterocycles. The monoisotopic (exact) mass is 275 g/mol. The van der Waals surface area contributed by atoms with Crippen LogP contribution in [0.3, 0.4) is 0 Å². The van der Waals surface area contributed by atoms with E-state index in [9.17, 15) is 14.4 Å². The molecule has 0 aromatic rings. The summed E-state index contributed by atoms with van der Waals surface area (Å²) in [5, 5.41) is 11.0. The number of nitrogens with one attached hydrogen (secondary N) is 1. The third kappa shape index (κ3) is 5.23. The highest BCUT2D eigenvalue weighted by Crippen LogP contribution is 2.22. The smallest absolute Gasteiger partial charge is 0.329 e. The van der Waals surface area contributed by atoms with E-state index >= 15 is 0 Å². The molecule has 0 aromatic carbocycles. The number of esters is 1. The predicted octanol–water partition coefficient (Wildman–Crippen LogP) is -0.728. The van der Waals surface area contributed by atoms with E-state index < -0.39 is 36.3 Å². The Labute approximate surface area is 110 Å². The number of aliphatic carboxylic acids is 1. The first kappa shape index (κ1) is 15.4. The van der Waals surface area contributed by atoms with Crippen molar-refractivity contribution in [2.75, 3.05) is 19.8 Å². The SMILES string of the molecule is CC(=O)N[C@@H](COC(=O)CC1(C)OCCO1)C(=O)O. The number of carboxylic acids is 1. The van der Waals surface area contributed by atoms with Crippen molar-refractivity contribution in [3.8, 4) is 0 Å². The third-order valence-corrected chi connectivity index (χ3v) is 2.45. The minimum absolute atomic E-state index is 0.139. The van der Waals surface area contributed by atoms with E-state index in [0.717, 1.165) is 0 Å². The van der Waals surface area contributed by atoms with Gasteiger partial charge in [0.1, 0.15) is 6.61 Å². The molecule has 1 aliphatic heterocycles. The number of hydrogen-bond acceptors (Lipinski definition) is 6. The molecular weight excluding hydrogens is 258 g/mol. The van der Waals surface area contributed by atoms with Crippen molar-refractivity contribution in [1.29, 1.82) is 0 Å². The molecule has 1 aliphatic rings. The van der Waals surface area contributed by atoms with Gasteiger partial charge in [-0.05, 0) is 6.92 Å². The van der Waals surface area contributed by atoms with Gasteiger partial charge >= 0.3 is 11.9 Å². The molecule has 8 heteroatoms. The maximum atomic E-state index is 11.5. The molecular formula is C11H17NO7. The molecule has 1 amide bonds. The molecule has 0 saturated carbocycles. The molecule has 108 valence electrons. The van der Waals surface area contributed by atoms with Crippen molar-refractivity contribution in [2.45, 2.75) is 32.1 Å². The Hall–Kier alpha value is -1.67. The molecule has 0 radical (unpaired) electrons. The molecule has 0 aliphatic carbocycles. The number of carboxylic acid groups (broad SMARTS) is 1. The van der Waals surface area contributed by atoms with Gasteiger partial charge in [0.15, 0.2) is 11.8 Å². The van der Waals surface area contributed by atoms with Crippen molar-refractivity contribution < 1.29 is 33.7 Å². The molecule has 0 spiro atoms. The van der Waals surface area contributed by atoms with E-state index in [1.54, 1.807) is 6.92 Å². The number of carbonyl (C=O) groups excluding carboxylic acids is 2. The van der Waals surface area contributed by atoms with Crippen LogP contribution in [0.25, 0.3) is 0 Å². The lowest BCUT2D eigenvalue weighted by Crippen LogP contribution is -2.43. The van der Waals surface area contributed by atoms with E-state index in [0.29, 0.717) is 13.2 Å². The Morgan fingerprint density at radius 1 is 1.37 bits per heavy atom. The van der Waals surface area contributed by atoms with E-state index in [1.807, 2.05) is 0 Å². The minimum Gasteiger partial charge on any atom is -0.480 e. The van der Waals surface area contributed by atoms with Crippen molar-refractivity contribution in [2.24, 2.45) is 0 Å². The van der Waals surface area contributed by atoms with Crippen molar-refractivity contribution in [3.63, 3.8) is 0 Å². The maximum absolute atomic E-state index is 11.5. The van der Waals surface area contributed by atoms with Crippen molar-refractivity contribution >= 4 is 17.8 Å². The molecule has 1 saturated heterocycles. The fourth-order valence-electron chi connectivity index (χ4n) is 1.57. The van der Waals surface area contributed by atoms with Crippen LogP contribution in [-0.2, 0) is 28.6 Å². The zero-order valence-corrected chi connectivity index (χ0v) is 10.8. The first-order valence-electron chi connectivity index (χ1n) is 5.76. The summed E-state index contributed by atoms with van der Waals surface area (Å²) in [6.07, 6.45) is -0.139. The molecule has 1 atom stereocenters. The average Bonchev–Trinajstić information content (AvgIpc) is 2.70. The Balaban J connectivity index is 2.39. The predicted molar refractivity (Wildman–Crippen MR) is 61.1 cm³/mol. The van der Waals surface area contributed by atoms with Crippen LogP contribution in [0.4, 0.5) is 0 Å². The van der Waals surface area contributed by atoms with Crippen LogP contribution in [0, 0.1) is 0 Å². The van der Waals surface area contributed by atoms with Gasteiger partial charge in [-0.25, -0.2) is 4.79 Å². The second-order valence-corrected chi connectivity index (χ2v) is 4.28. The molecule has 1 fully saturated rings. The van der Waals surface area contributed by atoms with Gasteiger partial charge in [0, 0.05) is 6.92 Å². The first-order valence-corrected chi connectivity index (χ1v) is 5.76.